The smallest absolute Gasteiger partial charge is 0.321 e. The molecule has 2 aromatic carbocycles. The molecule has 1 aliphatic rings. The van der Waals surface area contributed by atoms with Gasteiger partial charge in [-0.2, -0.15) is 0 Å². The van der Waals surface area contributed by atoms with E-state index in [0.717, 1.165) is 12.8 Å². The lowest BCUT2D eigenvalue weighted by Gasteiger charge is -2.30. The molecule has 3 amide bonds. The van der Waals surface area contributed by atoms with E-state index in [9.17, 15) is 9.59 Å². The molecule has 1 heterocycles. The highest BCUT2D eigenvalue weighted by Gasteiger charge is 2.26. The Labute approximate surface area is 165 Å². The molecule has 1 saturated heterocycles. The van der Waals surface area contributed by atoms with Crippen LogP contribution >= 0.6 is 0 Å². The molecule has 28 heavy (non-hydrogen) atoms. The fraction of sp³-hybridized carbons (Fsp3) is 0.364. The number of hydrogen-bond donors (Lipinski definition) is 2. The number of nitrogens with zero attached hydrogens (tertiary/aromatic N) is 1. The standard InChI is InChI=1S/C22H27N3O3/c23-21(26)18-12-14-25(15-13-18)22(27)24-19-10-4-5-11-20(19)28-16-6-9-17-7-2-1-3-8-17/h1-5,7-8,10-11,18H,6,9,12-16H2,(H2,23,26)(H,24,27). The van der Waals surface area contributed by atoms with Gasteiger partial charge in [0.15, 0.2) is 0 Å². The van der Waals surface area contributed by atoms with E-state index in [1.54, 1.807) is 4.90 Å². The normalized spacial score (nSPS) is 14.5. The van der Waals surface area contributed by atoms with Crippen molar-refractivity contribution in [1.29, 1.82) is 0 Å². The predicted molar refractivity (Wildman–Crippen MR) is 109 cm³/mol. The maximum atomic E-state index is 12.6. The molecule has 3 N–H and O–H groups in total. The number of hydrogen-bond acceptors (Lipinski definition) is 3. The topological polar surface area (TPSA) is 84.7 Å². The minimum atomic E-state index is -0.283. The summed E-state index contributed by atoms with van der Waals surface area (Å²) in [4.78, 5) is 25.5. The average Bonchev–Trinajstić information content (AvgIpc) is 2.73. The Balaban J connectivity index is 1.49. The lowest BCUT2D eigenvalue weighted by molar-refractivity contribution is -0.122. The fourth-order valence-corrected chi connectivity index (χ4v) is 3.36. The second-order valence-electron chi connectivity index (χ2n) is 7.03. The summed E-state index contributed by atoms with van der Waals surface area (Å²) >= 11 is 0. The SMILES string of the molecule is NC(=O)C1CCN(C(=O)Nc2ccccc2OCCCc2ccccc2)CC1. The van der Waals surface area contributed by atoms with E-state index in [1.165, 1.54) is 5.56 Å². The molecule has 0 aliphatic carbocycles. The molecule has 1 fully saturated rings. The van der Waals surface area contributed by atoms with Crippen LogP contribution in [0.1, 0.15) is 24.8 Å². The Morgan fingerprint density at radius 3 is 2.43 bits per heavy atom. The first-order valence-electron chi connectivity index (χ1n) is 9.74. The lowest BCUT2D eigenvalue weighted by Crippen LogP contribution is -2.43. The number of nitrogens with two attached hydrogens (primary N) is 1. The number of aryl methyl sites for hydroxylation is 1. The summed E-state index contributed by atoms with van der Waals surface area (Å²) in [5.41, 5.74) is 7.29. The molecule has 1 aliphatic heterocycles. The van der Waals surface area contributed by atoms with Gasteiger partial charge in [0.2, 0.25) is 5.91 Å². The van der Waals surface area contributed by atoms with Crippen LogP contribution in [-0.4, -0.2) is 36.5 Å². The Morgan fingerprint density at radius 1 is 1.04 bits per heavy atom. The zero-order valence-electron chi connectivity index (χ0n) is 16.0. The fourth-order valence-electron chi connectivity index (χ4n) is 3.36. The van der Waals surface area contributed by atoms with Crippen molar-refractivity contribution in [3.05, 3.63) is 60.2 Å². The van der Waals surface area contributed by atoms with Gasteiger partial charge in [0.1, 0.15) is 5.75 Å². The molecule has 0 bridgehead atoms. The monoisotopic (exact) mass is 381 g/mol. The van der Waals surface area contributed by atoms with Crippen molar-refractivity contribution in [3.8, 4) is 5.75 Å². The largest absolute Gasteiger partial charge is 0.491 e. The number of primary amides is 1. The molecule has 3 rings (SSSR count). The average molecular weight is 381 g/mol. The number of carbonyl (C=O) groups excluding carboxylic acids is 2. The van der Waals surface area contributed by atoms with Crippen LogP contribution in [0.25, 0.3) is 0 Å². The van der Waals surface area contributed by atoms with E-state index < -0.39 is 0 Å². The molecule has 6 heteroatoms. The molecule has 6 nitrogen and oxygen atoms in total. The molecule has 0 saturated carbocycles. The van der Waals surface area contributed by atoms with Crippen molar-refractivity contribution >= 4 is 17.6 Å². The van der Waals surface area contributed by atoms with Crippen LogP contribution in [0.3, 0.4) is 0 Å². The van der Waals surface area contributed by atoms with Gasteiger partial charge < -0.3 is 20.7 Å². The van der Waals surface area contributed by atoms with Crippen molar-refractivity contribution in [2.45, 2.75) is 25.7 Å². The quantitative estimate of drug-likeness (QED) is 0.721. The number of piperidine rings is 1. The highest BCUT2D eigenvalue weighted by Crippen LogP contribution is 2.25. The third-order valence-corrected chi connectivity index (χ3v) is 5.02. The van der Waals surface area contributed by atoms with Gasteiger partial charge in [-0.1, -0.05) is 42.5 Å². The molecular weight excluding hydrogens is 354 g/mol. The van der Waals surface area contributed by atoms with Gasteiger partial charge in [0.05, 0.1) is 12.3 Å². The number of amides is 3. The van der Waals surface area contributed by atoms with E-state index in [0.29, 0.717) is 44.0 Å². The van der Waals surface area contributed by atoms with Gasteiger partial charge in [0, 0.05) is 19.0 Å². The number of benzene rings is 2. The van der Waals surface area contributed by atoms with Crippen molar-refractivity contribution in [2.75, 3.05) is 25.0 Å². The molecule has 0 unspecified atom stereocenters. The maximum Gasteiger partial charge on any atom is 0.321 e. The number of rotatable bonds is 7. The highest BCUT2D eigenvalue weighted by molar-refractivity contribution is 5.91. The molecule has 0 atom stereocenters. The van der Waals surface area contributed by atoms with Gasteiger partial charge in [-0.05, 0) is 43.4 Å². The van der Waals surface area contributed by atoms with Crippen LogP contribution in [0, 0.1) is 5.92 Å². The molecule has 0 spiro atoms. The van der Waals surface area contributed by atoms with E-state index in [4.69, 9.17) is 10.5 Å². The molecule has 2 aromatic rings. The number of likely N-dealkylation sites (tertiary alicyclic amines) is 1. The van der Waals surface area contributed by atoms with E-state index in [1.807, 2.05) is 42.5 Å². The Hall–Kier alpha value is -3.02. The van der Waals surface area contributed by atoms with Crippen molar-refractivity contribution < 1.29 is 14.3 Å². The van der Waals surface area contributed by atoms with Crippen molar-refractivity contribution in [3.63, 3.8) is 0 Å². The molecule has 0 aromatic heterocycles. The molecule has 0 radical (unpaired) electrons. The first-order chi connectivity index (χ1) is 13.6. The van der Waals surface area contributed by atoms with Crippen LogP contribution in [0.5, 0.6) is 5.75 Å². The predicted octanol–water partition coefficient (Wildman–Crippen LogP) is 3.43. The van der Waals surface area contributed by atoms with Crippen molar-refractivity contribution in [2.24, 2.45) is 11.7 Å². The van der Waals surface area contributed by atoms with Gasteiger partial charge in [-0.25, -0.2) is 4.79 Å². The molecule has 148 valence electrons. The van der Waals surface area contributed by atoms with Gasteiger partial charge in [0.25, 0.3) is 0 Å². The summed E-state index contributed by atoms with van der Waals surface area (Å²) in [6.07, 6.45) is 3.07. The highest BCUT2D eigenvalue weighted by atomic mass is 16.5. The Morgan fingerprint density at radius 2 is 1.71 bits per heavy atom. The minimum absolute atomic E-state index is 0.135. The first-order valence-corrected chi connectivity index (χ1v) is 9.74. The van der Waals surface area contributed by atoms with Crippen LogP contribution < -0.4 is 15.8 Å². The number of urea groups is 1. The van der Waals surface area contributed by atoms with Crippen LogP contribution in [-0.2, 0) is 11.2 Å². The second-order valence-corrected chi connectivity index (χ2v) is 7.03. The van der Waals surface area contributed by atoms with Gasteiger partial charge in [-0.15, -0.1) is 0 Å². The number of ether oxygens (including phenoxy) is 1. The minimum Gasteiger partial charge on any atom is -0.491 e. The summed E-state index contributed by atoms with van der Waals surface area (Å²) in [7, 11) is 0. The third-order valence-electron chi connectivity index (χ3n) is 5.02. The summed E-state index contributed by atoms with van der Waals surface area (Å²) in [6, 6.07) is 17.6. The number of para-hydroxylation sites is 2. The summed E-state index contributed by atoms with van der Waals surface area (Å²) in [6.45, 7) is 1.63. The summed E-state index contributed by atoms with van der Waals surface area (Å²) < 4.78 is 5.90. The van der Waals surface area contributed by atoms with Gasteiger partial charge in [-0.3, -0.25) is 4.79 Å². The summed E-state index contributed by atoms with van der Waals surface area (Å²) in [5.74, 6) is 0.245. The second kappa shape index (κ2) is 9.78. The Kier molecular flexibility index (Phi) is 6.89. The maximum absolute atomic E-state index is 12.6. The van der Waals surface area contributed by atoms with E-state index in [-0.39, 0.29) is 17.9 Å². The first kappa shape index (κ1) is 19.7. The van der Waals surface area contributed by atoms with Gasteiger partial charge >= 0.3 is 6.03 Å². The number of carbonyl (C=O) groups is 2. The van der Waals surface area contributed by atoms with Crippen molar-refractivity contribution in [1.82, 2.24) is 4.90 Å². The number of nitrogens with one attached hydrogen (secondary N) is 1. The summed E-state index contributed by atoms with van der Waals surface area (Å²) in [5, 5.41) is 2.93. The van der Waals surface area contributed by atoms with E-state index in [2.05, 4.69) is 17.4 Å². The lowest BCUT2D eigenvalue weighted by atomic mass is 9.96. The zero-order chi connectivity index (χ0) is 19.8. The van der Waals surface area contributed by atoms with Crippen LogP contribution in [0.2, 0.25) is 0 Å². The van der Waals surface area contributed by atoms with Crippen LogP contribution in [0.4, 0.5) is 10.5 Å². The zero-order valence-corrected chi connectivity index (χ0v) is 16.0. The number of anilines is 1. The third kappa shape index (κ3) is 5.49. The molecular formula is C22H27N3O3. The Bertz CT molecular complexity index is 787. The van der Waals surface area contributed by atoms with E-state index >= 15 is 0 Å². The van der Waals surface area contributed by atoms with Crippen LogP contribution in [0.15, 0.2) is 54.6 Å².